The highest BCUT2D eigenvalue weighted by Gasteiger charge is 2.40. The Hall–Kier alpha value is -0.660. The normalized spacial score (nSPS) is 44.2. The largest absolute Gasteiger partial charge is 0.282 e. The Balaban J connectivity index is 1.59. The van der Waals surface area contributed by atoms with Crippen LogP contribution in [0.25, 0.3) is 0 Å². The van der Waals surface area contributed by atoms with Crippen LogP contribution in [0.1, 0.15) is 57.8 Å². The van der Waals surface area contributed by atoms with Gasteiger partial charge in [0.2, 0.25) is 0 Å². The van der Waals surface area contributed by atoms with E-state index in [0.29, 0.717) is 12.1 Å². The van der Waals surface area contributed by atoms with Gasteiger partial charge in [-0.25, -0.2) is 0 Å². The van der Waals surface area contributed by atoms with Crippen molar-refractivity contribution in [2.75, 3.05) is 0 Å². The van der Waals surface area contributed by atoms with E-state index in [0.717, 1.165) is 11.8 Å². The third-order valence-electron chi connectivity index (χ3n) is 5.40. The van der Waals surface area contributed by atoms with E-state index in [9.17, 15) is 0 Å². The zero-order valence-corrected chi connectivity index (χ0v) is 10.6. The lowest BCUT2D eigenvalue weighted by molar-refractivity contribution is 0.142. The van der Waals surface area contributed by atoms with Crippen LogP contribution in [0.2, 0.25) is 0 Å². The highest BCUT2D eigenvalue weighted by Crippen LogP contribution is 2.43. The summed E-state index contributed by atoms with van der Waals surface area (Å²) in [7, 11) is 0. The SMILES string of the molecule is C1CC2=NC3CC4CCCCC4CC3N=C2C1. The van der Waals surface area contributed by atoms with Crippen LogP contribution in [-0.4, -0.2) is 23.5 Å². The van der Waals surface area contributed by atoms with E-state index < -0.39 is 0 Å². The Kier molecular flexibility index (Phi) is 2.38. The summed E-state index contributed by atoms with van der Waals surface area (Å²) in [4.78, 5) is 10.1. The van der Waals surface area contributed by atoms with Gasteiger partial charge in [0.1, 0.15) is 0 Å². The Morgan fingerprint density at radius 3 is 1.76 bits per heavy atom. The standard InChI is InChI=1S/C15H22N2/c1-2-5-11-9-15-14(8-10(11)4-1)16-12-6-3-7-13(12)17-15/h10-11,14-15H,1-9H2. The summed E-state index contributed by atoms with van der Waals surface area (Å²) in [6, 6.07) is 1.12. The molecule has 2 heteroatoms. The van der Waals surface area contributed by atoms with E-state index >= 15 is 0 Å². The molecule has 3 saturated carbocycles. The van der Waals surface area contributed by atoms with E-state index in [-0.39, 0.29) is 0 Å². The molecule has 0 amide bonds. The molecule has 0 aromatic carbocycles. The lowest BCUT2D eigenvalue weighted by atomic mass is 9.67. The molecule has 2 nitrogen and oxygen atoms in total. The van der Waals surface area contributed by atoms with Crippen molar-refractivity contribution in [3.8, 4) is 0 Å². The Morgan fingerprint density at radius 2 is 1.24 bits per heavy atom. The minimum Gasteiger partial charge on any atom is -0.282 e. The molecule has 1 heterocycles. The van der Waals surface area contributed by atoms with E-state index in [1.54, 1.807) is 0 Å². The maximum Gasteiger partial charge on any atom is 0.0729 e. The summed E-state index contributed by atoms with van der Waals surface area (Å²) in [6.45, 7) is 0. The molecule has 3 aliphatic carbocycles. The second kappa shape index (κ2) is 3.93. The molecule has 17 heavy (non-hydrogen) atoms. The van der Waals surface area contributed by atoms with Gasteiger partial charge in [0.05, 0.1) is 23.5 Å². The highest BCUT2D eigenvalue weighted by molar-refractivity contribution is 6.44. The maximum absolute atomic E-state index is 5.04. The lowest BCUT2D eigenvalue weighted by Gasteiger charge is -2.42. The van der Waals surface area contributed by atoms with Crippen molar-refractivity contribution in [2.24, 2.45) is 21.8 Å². The fourth-order valence-electron chi connectivity index (χ4n) is 4.51. The summed E-state index contributed by atoms with van der Waals surface area (Å²) in [5.74, 6) is 1.96. The quantitative estimate of drug-likeness (QED) is 0.609. The molecular formula is C15H22N2. The zero-order chi connectivity index (χ0) is 11.2. The Bertz CT molecular complexity index is 346. The molecule has 92 valence electrons. The minimum atomic E-state index is 0.561. The van der Waals surface area contributed by atoms with Gasteiger partial charge in [-0.1, -0.05) is 25.7 Å². The number of fused-ring (bicyclic) bond motifs is 3. The van der Waals surface area contributed by atoms with Crippen LogP contribution < -0.4 is 0 Å². The molecule has 0 aromatic heterocycles. The van der Waals surface area contributed by atoms with Gasteiger partial charge < -0.3 is 0 Å². The van der Waals surface area contributed by atoms with Crippen LogP contribution in [0.3, 0.4) is 0 Å². The van der Waals surface area contributed by atoms with Gasteiger partial charge in [0.25, 0.3) is 0 Å². The van der Waals surface area contributed by atoms with Crippen molar-refractivity contribution in [1.82, 2.24) is 0 Å². The van der Waals surface area contributed by atoms with Gasteiger partial charge in [-0.2, -0.15) is 0 Å². The van der Waals surface area contributed by atoms with Crippen molar-refractivity contribution in [1.29, 1.82) is 0 Å². The molecule has 4 atom stereocenters. The summed E-state index contributed by atoms with van der Waals surface area (Å²) in [5, 5.41) is 0. The Morgan fingerprint density at radius 1 is 0.706 bits per heavy atom. The maximum atomic E-state index is 5.04. The average molecular weight is 230 g/mol. The summed E-state index contributed by atoms with van der Waals surface area (Å²) in [5.41, 5.74) is 2.75. The molecule has 3 fully saturated rings. The van der Waals surface area contributed by atoms with E-state index in [2.05, 4.69) is 0 Å². The number of aliphatic imine (C=N–C) groups is 2. The van der Waals surface area contributed by atoms with Crippen LogP contribution in [0.15, 0.2) is 9.98 Å². The monoisotopic (exact) mass is 230 g/mol. The third kappa shape index (κ3) is 1.68. The second-order valence-corrected chi connectivity index (χ2v) is 6.42. The average Bonchev–Trinajstić information content (AvgIpc) is 2.80. The molecular weight excluding hydrogens is 208 g/mol. The molecule has 0 saturated heterocycles. The number of hydrogen-bond acceptors (Lipinski definition) is 2. The fourth-order valence-corrected chi connectivity index (χ4v) is 4.51. The second-order valence-electron chi connectivity index (χ2n) is 6.42. The predicted octanol–water partition coefficient (Wildman–Crippen LogP) is 3.40. The predicted molar refractivity (Wildman–Crippen MR) is 71.0 cm³/mol. The lowest BCUT2D eigenvalue weighted by Crippen LogP contribution is -2.41. The Labute approximate surface area is 104 Å². The zero-order valence-electron chi connectivity index (χ0n) is 10.6. The van der Waals surface area contributed by atoms with Gasteiger partial charge in [-0.15, -0.1) is 0 Å². The first kappa shape index (κ1) is 10.3. The van der Waals surface area contributed by atoms with Crippen LogP contribution >= 0.6 is 0 Å². The molecule has 4 unspecified atom stereocenters. The molecule has 4 rings (SSSR count). The van der Waals surface area contributed by atoms with Crippen LogP contribution in [0, 0.1) is 11.8 Å². The molecule has 4 aliphatic rings. The summed E-state index contributed by atoms with van der Waals surface area (Å²) >= 11 is 0. The van der Waals surface area contributed by atoms with Gasteiger partial charge in [0.15, 0.2) is 0 Å². The van der Waals surface area contributed by atoms with Crippen molar-refractivity contribution >= 4 is 11.4 Å². The van der Waals surface area contributed by atoms with Crippen molar-refractivity contribution in [2.45, 2.75) is 69.9 Å². The fraction of sp³-hybridized carbons (Fsp3) is 0.867. The van der Waals surface area contributed by atoms with Gasteiger partial charge in [-0.3, -0.25) is 9.98 Å². The van der Waals surface area contributed by atoms with Crippen LogP contribution in [0.4, 0.5) is 0 Å². The van der Waals surface area contributed by atoms with Gasteiger partial charge >= 0.3 is 0 Å². The number of nitrogens with zero attached hydrogens (tertiary/aromatic N) is 2. The molecule has 1 aliphatic heterocycles. The van der Waals surface area contributed by atoms with Gasteiger partial charge in [0, 0.05) is 0 Å². The highest BCUT2D eigenvalue weighted by atomic mass is 15.0. The minimum absolute atomic E-state index is 0.561. The first-order valence-electron chi connectivity index (χ1n) is 7.54. The van der Waals surface area contributed by atoms with E-state index in [4.69, 9.17) is 9.98 Å². The first-order valence-corrected chi connectivity index (χ1v) is 7.54. The van der Waals surface area contributed by atoms with Crippen LogP contribution in [-0.2, 0) is 0 Å². The molecule has 0 spiro atoms. The van der Waals surface area contributed by atoms with E-state index in [1.807, 2.05) is 0 Å². The number of hydrogen-bond donors (Lipinski definition) is 0. The first-order chi connectivity index (χ1) is 8.40. The molecule has 0 bridgehead atoms. The van der Waals surface area contributed by atoms with Crippen molar-refractivity contribution in [3.63, 3.8) is 0 Å². The smallest absolute Gasteiger partial charge is 0.0729 e. The van der Waals surface area contributed by atoms with Crippen molar-refractivity contribution in [3.05, 3.63) is 0 Å². The molecule has 0 radical (unpaired) electrons. The molecule has 0 aromatic rings. The van der Waals surface area contributed by atoms with Crippen LogP contribution in [0.5, 0.6) is 0 Å². The number of rotatable bonds is 0. The third-order valence-corrected chi connectivity index (χ3v) is 5.40. The van der Waals surface area contributed by atoms with Crippen molar-refractivity contribution < 1.29 is 0 Å². The summed E-state index contributed by atoms with van der Waals surface area (Å²) < 4.78 is 0. The topological polar surface area (TPSA) is 24.7 Å². The van der Waals surface area contributed by atoms with Gasteiger partial charge in [-0.05, 0) is 43.9 Å². The van der Waals surface area contributed by atoms with E-state index in [1.165, 1.54) is 69.2 Å². The summed E-state index contributed by atoms with van der Waals surface area (Å²) in [6.07, 6.45) is 12.2. The molecule has 0 N–H and O–H groups in total.